The lowest BCUT2D eigenvalue weighted by atomic mass is 9.94. The molecule has 1 amide bonds. The van der Waals surface area contributed by atoms with Gasteiger partial charge in [0.05, 0.1) is 26.3 Å². The first kappa shape index (κ1) is 14.5. The lowest BCUT2D eigenvalue weighted by Gasteiger charge is -2.26. The third-order valence-corrected chi connectivity index (χ3v) is 3.31. The maximum absolute atomic E-state index is 12.2. The van der Waals surface area contributed by atoms with Crippen molar-refractivity contribution in [1.29, 1.82) is 0 Å². The Balaban J connectivity index is 2.06. The molecule has 2 heterocycles. The molecule has 7 nitrogen and oxygen atoms in total. The van der Waals surface area contributed by atoms with Crippen LogP contribution in [-0.2, 0) is 4.79 Å². The Bertz CT molecular complexity index is 458. The maximum Gasteiger partial charge on any atom is 0.243 e. The molecule has 7 heteroatoms. The van der Waals surface area contributed by atoms with Gasteiger partial charge in [0.15, 0.2) is 0 Å². The van der Waals surface area contributed by atoms with Gasteiger partial charge in [-0.3, -0.25) is 10.1 Å². The molecule has 1 aliphatic heterocycles. The molecule has 20 heavy (non-hydrogen) atoms. The number of carbonyl (C=O) groups excluding carboxylic acids is 1. The number of rotatable bonds is 4. The van der Waals surface area contributed by atoms with Crippen molar-refractivity contribution in [3.8, 4) is 11.8 Å². The van der Waals surface area contributed by atoms with Crippen molar-refractivity contribution in [3.63, 3.8) is 0 Å². The van der Waals surface area contributed by atoms with Crippen LogP contribution in [0.4, 0.5) is 5.95 Å². The number of nitrogens with zero attached hydrogens (tertiary/aromatic N) is 2. The first-order valence-corrected chi connectivity index (χ1v) is 6.63. The summed E-state index contributed by atoms with van der Waals surface area (Å²) < 4.78 is 10.1. The molecule has 2 N–H and O–H groups in total. The van der Waals surface area contributed by atoms with Gasteiger partial charge in [-0.15, -0.1) is 0 Å². The molecule has 0 aliphatic carbocycles. The van der Waals surface area contributed by atoms with E-state index in [0.29, 0.717) is 17.7 Å². The fourth-order valence-corrected chi connectivity index (χ4v) is 2.17. The fraction of sp³-hybridized carbons (Fsp3) is 0.615. The Kier molecular flexibility index (Phi) is 4.73. The van der Waals surface area contributed by atoms with Crippen LogP contribution in [0.2, 0.25) is 0 Å². The van der Waals surface area contributed by atoms with Gasteiger partial charge in [-0.25, -0.2) is 0 Å². The van der Waals surface area contributed by atoms with E-state index in [1.165, 1.54) is 14.2 Å². The molecular weight excluding hydrogens is 260 g/mol. The van der Waals surface area contributed by atoms with Crippen LogP contribution in [-0.4, -0.2) is 42.7 Å². The van der Waals surface area contributed by atoms with E-state index in [9.17, 15) is 4.79 Å². The summed E-state index contributed by atoms with van der Waals surface area (Å²) in [5.74, 6) is 1.28. The van der Waals surface area contributed by atoms with E-state index in [4.69, 9.17) is 9.47 Å². The molecule has 1 aromatic heterocycles. The van der Waals surface area contributed by atoms with E-state index in [0.717, 1.165) is 19.4 Å². The molecule has 1 aliphatic rings. The van der Waals surface area contributed by atoms with Crippen molar-refractivity contribution in [3.05, 3.63) is 6.07 Å². The van der Waals surface area contributed by atoms with Crippen molar-refractivity contribution >= 4 is 11.9 Å². The van der Waals surface area contributed by atoms with Crippen molar-refractivity contribution in [2.75, 3.05) is 26.1 Å². The zero-order valence-electron chi connectivity index (χ0n) is 12.0. The number of piperidine rings is 1. The summed E-state index contributed by atoms with van der Waals surface area (Å²) in [4.78, 5) is 20.3. The van der Waals surface area contributed by atoms with E-state index < -0.39 is 0 Å². The normalized spacial score (nSPS) is 22.1. The van der Waals surface area contributed by atoms with Gasteiger partial charge in [0.2, 0.25) is 23.6 Å². The van der Waals surface area contributed by atoms with E-state index in [2.05, 4.69) is 27.5 Å². The predicted octanol–water partition coefficient (Wildman–Crippen LogP) is 0.820. The SMILES string of the molecule is COc1cc(OC)nc(NC(=O)C2CC(C)CCN2)n1. The first-order chi connectivity index (χ1) is 9.62. The van der Waals surface area contributed by atoms with Gasteiger partial charge in [-0.2, -0.15) is 9.97 Å². The number of carbonyl (C=O) groups is 1. The molecule has 0 bridgehead atoms. The van der Waals surface area contributed by atoms with E-state index in [-0.39, 0.29) is 17.9 Å². The van der Waals surface area contributed by atoms with Crippen LogP contribution in [0.15, 0.2) is 6.07 Å². The zero-order valence-corrected chi connectivity index (χ0v) is 12.0. The monoisotopic (exact) mass is 280 g/mol. The van der Waals surface area contributed by atoms with Gasteiger partial charge in [-0.1, -0.05) is 6.92 Å². The number of methoxy groups -OCH3 is 2. The zero-order chi connectivity index (χ0) is 14.5. The third-order valence-electron chi connectivity index (χ3n) is 3.31. The Morgan fingerprint density at radius 1 is 1.35 bits per heavy atom. The van der Waals surface area contributed by atoms with E-state index in [1.54, 1.807) is 6.07 Å². The summed E-state index contributed by atoms with van der Waals surface area (Å²) in [5, 5.41) is 5.89. The molecule has 1 aromatic rings. The fourth-order valence-electron chi connectivity index (χ4n) is 2.17. The maximum atomic E-state index is 12.2. The van der Waals surface area contributed by atoms with Gasteiger partial charge in [0.25, 0.3) is 0 Å². The Morgan fingerprint density at radius 3 is 2.55 bits per heavy atom. The number of hydrogen-bond acceptors (Lipinski definition) is 6. The number of ether oxygens (including phenoxy) is 2. The molecule has 0 radical (unpaired) electrons. The molecular formula is C13H20N4O3. The standard InChI is InChI=1S/C13H20N4O3/c1-8-4-5-14-9(6-8)12(18)17-13-15-10(19-2)7-11(16-13)20-3/h7-9,14H,4-6H2,1-3H3,(H,15,16,17,18). The van der Waals surface area contributed by atoms with Crippen LogP contribution < -0.4 is 20.1 Å². The van der Waals surface area contributed by atoms with Gasteiger partial charge < -0.3 is 14.8 Å². The summed E-state index contributed by atoms with van der Waals surface area (Å²) in [6.45, 7) is 2.99. The van der Waals surface area contributed by atoms with Gasteiger partial charge >= 0.3 is 0 Å². The van der Waals surface area contributed by atoms with Gasteiger partial charge in [0.1, 0.15) is 0 Å². The molecule has 1 saturated heterocycles. The Morgan fingerprint density at radius 2 is 2.00 bits per heavy atom. The van der Waals surface area contributed by atoms with E-state index >= 15 is 0 Å². The van der Waals surface area contributed by atoms with Gasteiger partial charge in [-0.05, 0) is 25.3 Å². The molecule has 2 atom stereocenters. The number of hydrogen-bond donors (Lipinski definition) is 2. The van der Waals surface area contributed by atoms with Crippen molar-refractivity contribution < 1.29 is 14.3 Å². The van der Waals surface area contributed by atoms with Crippen LogP contribution in [0.5, 0.6) is 11.8 Å². The Hall–Kier alpha value is -1.89. The van der Waals surface area contributed by atoms with Crippen molar-refractivity contribution in [2.24, 2.45) is 5.92 Å². The molecule has 110 valence electrons. The predicted molar refractivity (Wildman–Crippen MR) is 74.0 cm³/mol. The average Bonchev–Trinajstić information content (AvgIpc) is 2.46. The second-order valence-electron chi connectivity index (χ2n) is 4.90. The lowest BCUT2D eigenvalue weighted by molar-refractivity contribution is -0.119. The summed E-state index contributed by atoms with van der Waals surface area (Å²) in [5.41, 5.74) is 0. The minimum atomic E-state index is -0.209. The largest absolute Gasteiger partial charge is 0.481 e. The lowest BCUT2D eigenvalue weighted by Crippen LogP contribution is -2.45. The summed E-state index contributed by atoms with van der Waals surface area (Å²) in [6.07, 6.45) is 1.90. The molecule has 2 rings (SSSR count). The number of anilines is 1. The summed E-state index contributed by atoms with van der Waals surface area (Å²) in [6, 6.07) is 1.34. The smallest absolute Gasteiger partial charge is 0.243 e. The minimum Gasteiger partial charge on any atom is -0.481 e. The quantitative estimate of drug-likeness (QED) is 0.849. The number of amides is 1. The Labute approximate surface area is 118 Å². The van der Waals surface area contributed by atoms with Crippen LogP contribution in [0.1, 0.15) is 19.8 Å². The van der Waals surface area contributed by atoms with Crippen LogP contribution in [0, 0.1) is 5.92 Å². The number of aromatic nitrogens is 2. The summed E-state index contributed by atoms with van der Waals surface area (Å²) in [7, 11) is 3.00. The number of nitrogens with one attached hydrogen (secondary N) is 2. The highest BCUT2D eigenvalue weighted by molar-refractivity contribution is 5.93. The highest BCUT2D eigenvalue weighted by Gasteiger charge is 2.25. The molecule has 2 unspecified atom stereocenters. The molecule has 0 saturated carbocycles. The van der Waals surface area contributed by atoms with Crippen LogP contribution in [0.25, 0.3) is 0 Å². The van der Waals surface area contributed by atoms with E-state index in [1.807, 2.05) is 0 Å². The third kappa shape index (κ3) is 3.57. The highest BCUT2D eigenvalue weighted by Crippen LogP contribution is 2.19. The van der Waals surface area contributed by atoms with Crippen molar-refractivity contribution in [2.45, 2.75) is 25.8 Å². The second-order valence-corrected chi connectivity index (χ2v) is 4.90. The van der Waals surface area contributed by atoms with Crippen LogP contribution >= 0.6 is 0 Å². The highest BCUT2D eigenvalue weighted by atomic mass is 16.5. The minimum absolute atomic E-state index is 0.133. The molecule has 0 aromatic carbocycles. The van der Waals surface area contributed by atoms with Crippen LogP contribution in [0.3, 0.4) is 0 Å². The second kappa shape index (κ2) is 6.51. The topological polar surface area (TPSA) is 85.4 Å². The average molecular weight is 280 g/mol. The summed E-state index contributed by atoms with van der Waals surface area (Å²) >= 11 is 0. The molecule has 1 fully saturated rings. The van der Waals surface area contributed by atoms with Gasteiger partial charge in [0, 0.05) is 0 Å². The van der Waals surface area contributed by atoms with Crippen molar-refractivity contribution in [1.82, 2.24) is 15.3 Å². The molecule has 0 spiro atoms. The first-order valence-electron chi connectivity index (χ1n) is 6.63.